The van der Waals surface area contributed by atoms with Crippen molar-refractivity contribution in [2.45, 2.75) is 12.8 Å². The zero-order chi connectivity index (χ0) is 14.4. The van der Waals surface area contributed by atoms with E-state index in [9.17, 15) is 14.4 Å². The summed E-state index contributed by atoms with van der Waals surface area (Å²) in [5.74, 6) is -0.482. The predicted molar refractivity (Wildman–Crippen MR) is 74.2 cm³/mol. The number of benzene rings is 1. The van der Waals surface area contributed by atoms with E-state index in [0.29, 0.717) is 25.7 Å². The largest absolute Gasteiger partial charge is 0.301 e. The molecular formula is C15H16N2O3. The van der Waals surface area contributed by atoms with Crippen molar-refractivity contribution in [1.29, 1.82) is 0 Å². The van der Waals surface area contributed by atoms with Crippen LogP contribution in [0.2, 0.25) is 0 Å². The van der Waals surface area contributed by atoms with E-state index in [1.54, 1.807) is 6.08 Å². The molecule has 5 heteroatoms. The highest BCUT2D eigenvalue weighted by Gasteiger charge is 2.28. The number of rotatable bonds is 5. The first kappa shape index (κ1) is 14.0. The van der Waals surface area contributed by atoms with Crippen LogP contribution >= 0.6 is 0 Å². The first-order chi connectivity index (χ1) is 9.72. The molecule has 2 amide bonds. The lowest BCUT2D eigenvalue weighted by Crippen LogP contribution is -2.47. The van der Waals surface area contributed by atoms with Gasteiger partial charge in [-0.15, -0.1) is 0 Å². The molecule has 1 fully saturated rings. The van der Waals surface area contributed by atoms with Crippen LogP contribution in [0, 0.1) is 0 Å². The highest BCUT2D eigenvalue weighted by Crippen LogP contribution is 2.13. The summed E-state index contributed by atoms with van der Waals surface area (Å²) in [6.45, 7) is 0.376. The van der Waals surface area contributed by atoms with Gasteiger partial charge >= 0.3 is 0 Å². The van der Waals surface area contributed by atoms with Gasteiger partial charge in [-0.2, -0.15) is 0 Å². The third-order valence-corrected chi connectivity index (χ3v) is 3.06. The fourth-order valence-corrected chi connectivity index (χ4v) is 2.08. The molecule has 104 valence electrons. The Labute approximate surface area is 117 Å². The van der Waals surface area contributed by atoms with Crippen molar-refractivity contribution in [3.63, 3.8) is 0 Å². The molecule has 5 nitrogen and oxygen atoms in total. The predicted octanol–water partition coefficient (Wildman–Crippen LogP) is 1.26. The second kappa shape index (κ2) is 6.65. The highest BCUT2D eigenvalue weighted by molar-refractivity contribution is 5.94. The van der Waals surface area contributed by atoms with Crippen molar-refractivity contribution >= 4 is 24.2 Å². The van der Waals surface area contributed by atoms with Crippen LogP contribution in [-0.2, 0) is 14.4 Å². The number of hydrazine groups is 1. The maximum atomic E-state index is 12.1. The van der Waals surface area contributed by atoms with Crippen LogP contribution in [0.1, 0.15) is 18.4 Å². The van der Waals surface area contributed by atoms with Crippen LogP contribution in [0.3, 0.4) is 0 Å². The van der Waals surface area contributed by atoms with Gasteiger partial charge in [0.15, 0.2) is 0 Å². The Morgan fingerprint density at radius 1 is 1.30 bits per heavy atom. The molecule has 1 aromatic carbocycles. The Bertz CT molecular complexity index is 525. The molecule has 0 bridgehead atoms. The Hall–Kier alpha value is -2.43. The molecule has 0 spiro atoms. The lowest BCUT2D eigenvalue weighted by atomic mass is 10.2. The normalized spacial score (nSPS) is 14.8. The van der Waals surface area contributed by atoms with Crippen LogP contribution in [0.25, 0.3) is 6.08 Å². The third-order valence-electron chi connectivity index (χ3n) is 3.06. The Morgan fingerprint density at radius 3 is 2.65 bits per heavy atom. The number of carbonyl (C=O) groups is 3. The summed E-state index contributed by atoms with van der Waals surface area (Å²) in [4.78, 5) is 34.5. The second-order valence-corrected chi connectivity index (χ2v) is 4.45. The maximum Gasteiger partial charge on any atom is 0.265 e. The molecule has 0 unspecified atom stereocenters. The molecule has 1 aromatic rings. The van der Waals surface area contributed by atoms with Crippen molar-refractivity contribution in [3.05, 3.63) is 42.0 Å². The number of hydrogen-bond acceptors (Lipinski definition) is 3. The number of amides is 2. The van der Waals surface area contributed by atoms with E-state index < -0.39 is 0 Å². The summed E-state index contributed by atoms with van der Waals surface area (Å²) in [7, 11) is 0. The molecule has 1 aliphatic heterocycles. The molecule has 0 atom stereocenters. The van der Waals surface area contributed by atoms with Gasteiger partial charge in [0.2, 0.25) is 5.91 Å². The first-order valence-electron chi connectivity index (χ1n) is 6.51. The van der Waals surface area contributed by atoms with Gasteiger partial charge in [-0.05, 0) is 18.1 Å². The van der Waals surface area contributed by atoms with E-state index >= 15 is 0 Å². The molecule has 0 radical (unpaired) electrons. The molecule has 20 heavy (non-hydrogen) atoms. The van der Waals surface area contributed by atoms with Crippen molar-refractivity contribution in [1.82, 2.24) is 10.0 Å². The van der Waals surface area contributed by atoms with Gasteiger partial charge in [0.05, 0.1) is 6.54 Å². The lowest BCUT2D eigenvalue weighted by molar-refractivity contribution is -0.157. The van der Waals surface area contributed by atoms with E-state index in [-0.39, 0.29) is 18.4 Å². The maximum absolute atomic E-state index is 12.1. The number of carbonyl (C=O) groups excluding carboxylic acids is 3. The molecule has 1 saturated heterocycles. The summed E-state index contributed by atoms with van der Waals surface area (Å²) in [5.41, 5.74) is 0.889. The summed E-state index contributed by atoms with van der Waals surface area (Å²) < 4.78 is 0. The van der Waals surface area contributed by atoms with Gasteiger partial charge in [0, 0.05) is 19.0 Å². The average Bonchev–Trinajstić information content (AvgIpc) is 2.89. The van der Waals surface area contributed by atoms with Crippen LogP contribution in [0.4, 0.5) is 0 Å². The zero-order valence-electron chi connectivity index (χ0n) is 11.1. The summed E-state index contributed by atoms with van der Waals surface area (Å²) in [6.07, 6.45) is 4.81. The van der Waals surface area contributed by atoms with Gasteiger partial charge in [-0.3, -0.25) is 14.6 Å². The van der Waals surface area contributed by atoms with Crippen LogP contribution in [-0.4, -0.2) is 41.2 Å². The fraction of sp³-hybridized carbons (Fsp3) is 0.267. The first-order valence-corrected chi connectivity index (χ1v) is 6.51. The third kappa shape index (κ3) is 3.32. The smallest absolute Gasteiger partial charge is 0.265 e. The minimum absolute atomic E-state index is 0.107. The van der Waals surface area contributed by atoms with Crippen molar-refractivity contribution in [2.24, 2.45) is 0 Å². The molecule has 2 rings (SSSR count). The molecule has 0 N–H and O–H groups in total. The minimum atomic E-state index is -0.365. The van der Waals surface area contributed by atoms with E-state index in [0.717, 1.165) is 5.56 Å². The summed E-state index contributed by atoms with van der Waals surface area (Å²) in [5, 5.41) is 2.55. The van der Waals surface area contributed by atoms with E-state index in [4.69, 9.17) is 0 Å². The van der Waals surface area contributed by atoms with Gasteiger partial charge < -0.3 is 4.79 Å². The Balaban J connectivity index is 2.09. The highest BCUT2D eigenvalue weighted by atomic mass is 16.2. The van der Waals surface area contributed by atoms with Crippen molar-refractivity contribution < 1.29 is 14.4 Å². The molecule has 0 saturated carbocycles. The quantitative estimate of drug-likeness (QED) is 0.599. The molecule has 1 aliphatic rings. The van der Waals surface area contributed by atoms with E-state index in [1.807, 2.05) is 30.3 Å². The molecule has 1 heterocycles. The fourth-order valence-electron chi connectivity index (χ4n) is 2.08. The SMILES string of the molecule is O=CCN(C(=O)/C=C/c1ccccc1)N1CCCC1=O. The van der Waals surface area contributed by atoms with Crippen molar-refractivity contribution in [2.75, 3.05) is 13.1 Å². The van der Waals surface area contributed by atoms with Crippen molar-refractivity contribution in [3.8, 4) is 0 Å². The molecular weight excluding hydrogens is 256 g/mol. The van der Waals surface area contributed by atoms with Gasteiger partial charge in [0.25, 0.3) is 5.91 Å². The standard InChI is InChI=1S/C15H16N2O3/c18-12-11-17(16-10-4-7-14(16)19)15(20)9-8-13-5-2-1-3-6-13/h1-3,5-6,8-9,12H,4,7,10-11H2/b9-8+. The number of aldehydes is 1. The Morgan fingerprint density at radius 2 is 2.05 bits per heavy atom. The lowest BCUT2D eigenvalue weighted by Gasteiger charge is -2.28. The molecule has 0 aromatic heterocycles. The minimum Gasteiger partial charge on any atom is -0.301 e. The van der Waals surface area contributed by atoms with Gasteiger partial charge in [0.1, 0.15) is 6.29 Å². The van der Waals surface area contributed by atoms with Crippen LogP contribution in [0.15, 0.2) is 36.4 Å². The summed E-state index contributed by atoms with van der Waals surface area (Å²) in [6, 6.07) is 9.37. The van der Waals surface area contributed by atoms with Gasteiger partial charge in [-0.1, -0.05) is 30.3 Å². The van der Waals surface area contributed by atoms with Gasteiger partial charge in [-0.25, -0.2) is 5.01 Å². The Kier molecular flexibility index (Phi) is 4.65. The number of nitrogens with zero attached hydrogens (tertiary/aromatic N) is 2. The zero-order valence-corrected chi connectivity index (χ0v) is 11.1. The monoisotopic (exact) mass is 272 g/mol. The van der Waals surface area contributed by atoms with Crippen LogP contribution in [0.5, 0.6) is 0 Å². The van der Waals surface area contributed by atoms with E-state index in [2.05, 4.69) is 0 Å². The summed E-state index contributed by atoms with van der Waals surface area (Å²) >= 11 is 0. The number of hydrogen-bond donors (Lipinski definition) is 0. The average molecular weight is 272 g/mol. The topological polar surface area (TPSA) is 57.7 Å². The van der Waals surface area contributed by atoms with E-state index in [1.165, 1.54) is 16.1 Å². The second-order valence-electron chi connectivity index (χ2n) is 4.45. The van der Waals surface area contributed by atoms with Crippen LogP contribution < -0.4 is 0 Å². The molecule has 0 aliphatic carbocycles.